The van der Waals surface area contributed by atoms with Crippen molar-refractivity contribution in [1.29, 1.82) is 0 Å². The monoisotopic (exact) mass is 330 g/mol. The summed E-state index contributed by atoms with van der Waals surface area (Å²) in [6.07, 6.45) is 3.02. The van der Waals surface area contributed by atoms with E-state index in [0.717, 1.165) is 19.3 Å². The van der Waals surface area contributed by atoms with Gasteiger partial charge in [0.2, 0.25) is 5.79 Å². The van der Waals surface area contributed by atoms with E-state index in [-0.39, 0.29) is 11.8 Å². The van der Waals surface area contributed by atoms with Crippen molar-refractivity contribution >= 4 is 46.4 Å². The van der Waals surface area contributed by atoms with Crippen LogP contribution in [0.25, 0.3) is 0 Å². The van der Waals surface area contributed by atoms with Crippen molar-refractivity contribution in [2.45, 2.75) is 34.8 Å². The summed E-state index contributed by atoms with van der Waals surface area (Å²) in [6.45, 7) is 0. The molecule has 0 N–H and O–H groups in total. The fourth-order valence-electron chi connectivity index (χ4n) is 4.28. The lowest BCUT2D eigenvalue weighted by atomic mass is 9.85. The number of methoxy groups -OCH3 is 2. The maximum atomic E-state index is 6.85. The van der Waals surface area contributed by atoms with Crippen LogP contribution in [0.4, 0.5) is 0 Å². The Bertz CT molecular complexity index is 400. The van der Waals surface area contributed by atoms with E-state index in [1.807, 2.05) is 0 Å². The first-order chi connectivity index (χ1) is 8.41. The van der Waals surface area contributed by atoms with Crippen LogP contribution >= 0.6 is 46.4 Å². The van der Waals surface area contributed by atoms with Gasteiger partial charge in [0.15, 0.2) is 0 Å². The minimum absolute atomic E-state index is 0.145. The third-order valence-corrected chi connectivity index (χ3v) is 7.60. The quantitative estimate of drug-likeness (QED) is 0.561. The lowest BCUT2D eigenvalue weighted by Gasteiger charge is -2.42. The number of alkyl halides is 2. The fraction of sp³-hybridized carbons (Fsp3) is 0.833. The summed E-state index contributed by atoms with van der Waals surface area (Å²) in [7, 11) is 3.08. The first-order valence-corrected chi connectivity index (χ1v) is 7.47. The smallest absolute Gasteiger partial charge is 0.217 e. The van der Waals surface area contributed by atoms with E-state index in [2.05, 4.69) is 0 Å². The molecule has 2 nitrogen and oxygen atoms in total. The number of hydrogen-bond donors (Lipinski definition) is 0. The van der Waals surface area contributed by atoms with Gasteiger partial charge in [0.25, 0.3) is 0 Å². The highest BCUT2D eigenvalue weighted by molar-refractivity contribution is 6.52. The van der Waals surface area contributed by atoms with Crippen molar-refractivity contribution in [1.82, 2.24) is 0 Å². The summed E-state index contributed by atoms with van der Waals surface area (Å²) in [5.74, 6) is -0.898. The van der Waals surface area contributed by atoms with Crippen molar-refractivity contribution in [2.75, 3.05) is 14.2 Å². The Balaban J connectivity index is 2.29. The van der Waals surface area contributed by atoms with Crippen LogP contribution in [-0.2, 0) is 9.47 Å². The van der Waals surface area contributed by atoms with Gasteiger partial charge in [-0.05, 0) is 24.7 Å². The predicted octanol–water partition coefficient (Wildman–Crippen LogP) is 4.06. The third-order valence-electron chi connectivity index (χ3n) is 4.90. The topological polar surface area (TPSA) is 18.5 Å². The molecule has 0 aromatic rings. The van der Waals surface area contributed by atoms with Crippen LogP contribution in [0.3, 0.4) is 0 Å². The second kappa shape index (κ2) is 3.93. The molecule has 0 amide bonds. The minimum atomic E-state index is -1.19. The molecule has 0 aromatic heterocycles. The summed E-state index contributed by atoms with van der Waals surface area (Å²) in [5.41, 5.74) is 0. The number of hydrogen-bond acceptors (Lipinski definition) is 2. The second-order valence-corrected chi connectivity index (χ2v) is 7.17. The molecule has 4 unspecified atom stereocenters. The van der Waals surface area contributed by atoms with Crippen molar-refractivity contribution in [3.05, 3.63) is 10.1 Å². The van der Waals surface area contributed by atoms with E-state index in [1.165, 1.54) is 0 Å². The van der Waals surface area contributed by atoms with E-state index in [4.69, 9.17) is 55.9 Å². The summed E-state index contributed by atoms with van der Waals surface area (Å²) in [5, 5.41) is 0.764. The molecular formula is C12H14Cl4O2. The maximum Gasteiger partial charge on any atom is 0.217 e. The van der Waals surface area contributed by atoms with Crippen LogP contribution in [0.2, 0.25) is 0 Å². The van der Waals surface area contributed by atoms with Gasteiger partial charge >= 0.3 is 0 Å². The molecule has 3 aliphatic rings. The molecule has 2 saturated carbocycles. The van der Waals surface area contributed by atoms with E-state index in [0.29, 0.717) is 10.1 Å². The first kappa shape index (κ1) is 13.8. The van der Waals surface area contributed by atoms with Gasteiger partial charge in [-0.25, -0.2) is 0 Å². The molecule has 3 aliphatic carbocycles. The average Bonchev–Trinajstić information content (AvgIpc) is 2.94. The standard InChI is InChI=1S/C12H14Cl4O2/c1-17-12(18-2)10(15)6-4-3-5-7(6)11(12,16)9(14)8(10)13/h6-7H,3-5H2,1-2H3. The van der Waals surface area contributed by atoms with Crippen LogP contribution in [0, 0.1) is 11.8 Å². The second-order valence-electron chi connectivity index (χ2n) is 5.22. The van der Waals surface area contributed by atoms with Gasteiger partial charge in [0, 0.05) is 14.2 Å². The van der Waals surface area contributed by atoms with Gasteiger partial charge in [-0.2, -0.15) is 0 Å². The average molecular weight is 332 g/mol. The molecule has 18 heavy (non-hydrogen) atoms. The molecule has 0 aliphatic heterocycles. The normalized spacial score (nSPS) is 49.0. The number of fused-ring (bicyclic) bond motifs is 5. The predicted molar refractivity (Wildman–Crippen MR) is 73.5 cm³/mol. The molecule has 2 fully saturated rings. The van der Waals surface area contributed by atoms with Gasteiger partial charge in [0.05, 0.1) is 10.1 Å². The van der Waals surface area contributed by atoms with Crippen molar-refractivity contribution in [3.63, 3.8) is 0 Å². The molecule has 6 heteroatoms. The lowest BCUT2D eigenvalue weighted by Crippen LogP contribution is -2.57. The van der Waals surface area contributed by atoms with E-state index >= 15 is 0 Å². The summed E-state index contributed by atoms with van der Waals surface area (Å²) in [4.78, 5) is -1.95. The molecule has 102 valence electrons. The highest BCUT2D eigenvalue weighted by atomic mass is 35.5. The van der Waals surface area contributed by atoms with Gasteiger partial charge < -0.3 is 9.47 Å². The highest BCUT2D eigenvalue weighted by Gasteiger charge is 2.84. The molecule has 0 heterocycles. The fourth-order valence-corrected chi connectivity index (χ4v) is 6.57. The number of rotatable bonds is 2. The third kappa shape index (κ3) is 1.07. The Labute approximate surface area is 126 Å². The Kier molecular flexibility index (Phi) is 3.01. The van der Waals surface area contributed by atoms with Crippen LogP contribution in [0.1, 0.15) is 19.3 Å². The minimum Gasteiger partial charge on any atom is -0.350 e. The number of halogens is 4. The summed E-state index contributed by atoms with van der Waals surface area (Å²) < 4.78 is 11.2. The molecule has 0 saturated heterocycles. The van der Waals surface area contributed by atoms with Crippen molar-refractivity contribution < 1.29 is 9.47 Å². The molecule has 4 atom stereocenters. The summed E-state index contributed by atoms with van der Waals surface area (Å²) in [6, 6.07) is 0. The van der Waals surface area contributed by atoms with Crippen molar-refractivity contribution in [2.24, 2.45) is 11.8 Å². The van der Waals surface area contributed by atoms with Gasteiger partial charge in [-0.3, -0.25) is 0 Å². The van der Waals surface area contributed by atoms with E-state index in [1.54, 1.807) is 14.2 Å². The van der Waals surface area contributed by atoms with Crippen LogP contribution in [0.15, 0.2) is 10.1 Å². The largest absolute Gasteiger partial charge is 0.350 e. The Morgan fingerprint density at radius 1 is 0.944 bits per heavy atom. The zero-order valence-corrected chi connectivity index (χ0v) is 13.1. The van der Waals surface area contributed by atoms with E-state index in [9.17, 15) is 0 Å². The Morgan fingerprint density at radius 2 is 1.33 bits per heavy atom. The Hall–Kier alpha value is 0.820. The van der Waals surface area contributed by atoms with Crippen LogP contribution in [0.5, 0.6) is 0 Å². The van der Waals surface area contributed by atoms with E-state index < -0.39 is 15.5 Å². The first-order valence-electron chi connectivity index (χ1n) is 5.96. The molecule has 2 bridgehead atoms. The van der Waals surface area contributed by atoms with Gasteiger partial charge in [-0.15, -0.1) is 23.2 Å². The molecule has 3 rings (SSSR count). The van der Waals surface area contributed by atoms with Gasteiger partial charge in [0.1, 0.15) is 9.75 Å². The SMILES string of the molecule is COC1(OC)C2(Cl)C(Cl)=C(Cl)C1(Cl)C1CCCC12. The van der Waals surface area contributed by atoms with Crippen LogP contribution in [-0.4, -0.2) is 29.8 Å². The zero-order chi connectivity index (χ0) is 13.3. The van der Waals surface area contributed by atoms with Gasteiger partial charge in [-0.1, -0.05) is 29.6 Å². The molecular weight excluding hydrogens is 318 g/mol. The molecule has 0 radical (unpaired) electrons. The summed E-state index contributed by atoms with van der Waals surface area (Å²) >= 11 is 26.4. The Morgan fingerprint density at radius 3 is 1.67 bits per heavy atom. The molecule has 0 aromatic carbocycles. The number of ether oxygens (including phenoxy) is 2. The maximum absolute atomic E-state index is 6.85. The highest BCUT2D eigenvalue weighted by Crippen LogP contribution is 2.76. The zero-order valence-electron chi connectivity index (χ0n) is 10.1. The van der Waals surface area contributed by atoms with Crippen LogP contribution < -0.4 is 0 Å². The van der Waals surface area contributed by atoms with Crippen molar-refractivity contribution in [3.8, 4) is 0 Å². The molecule has 0 spiro atoms. The lowest BCUT2D eigenvalue weighted by molar-refractivity contribution is -0.221.